The van der Waals surface area contributed by atoms with Gasteiger partial charge in [-0.3, -0.25) is 14.7 Å². The fourth-order valence-corrected chi connectivity index (χ4v) is 3.97. The number of rotatable bonds is 4. The van der Waals surface area contributed by atoms with E-state index < -0.39 is 0 Å². The van der Waals surface area contributed by atoms with Gasteiger partial charge in [0, 0.05) is 58.9 Å². The maximum absolute atomic E-state index is 12.7. The molecule has 4 rings (SSSR count). The molecule has 9 heteroatoms. The standard InChI is InChI=1S/C21H28N6O2.HI/c1-22-21(26-11-9-25(10-12-26)16-19-7-13-29-24-19)23-14-20(28)27-8-6-17-4-2-3-5-18(17)15-27;/h2-5,7,13H,6,8-12,14-16H2,1H3,(H,22,23);1H. The van der Waals surface area contributed by atoms with Gasteiger partial charge < -0.3 is 19.6 Å². The lowest BCUT2D eigenvalue weighted by Gasteiger charge is -2.36. The van der Waals surface area contributed by atoms with Gasteiger partial charge in [-0.1, -0.05) is 29.4 Å². The number of amides is 1. The van der Waals surface area contributed by atoms with E-state index in [1.54, 1.807) is 13.3 Å². The molecule has 8 nitrogen and oxygen atoms in total. The Labute approximate surface area is 194 Å². The van der Waals surface area contributed by atoms with Crippen LogP contribution in [-0.4, -0.2) is 78.0 Å². The molecule has 30 heavy (non-hydrogen) atoms. The minimum absolute atomic E-state index is 0. The number of aliphatic imine (C=N–C) groups is 1. The van der Waals surface area contributed by atoms with Crippen LogP contribution in [0.15, 0.2) is 46.1 Å². The first kappa shape index (κ1) is 22.5. The molecular formula is C21H29IN6O2. The molecule has 3 heterocycles. The Kier molecular flexibility index (Phi) is 8.08. The lowest BCUT2D eigenvalue weighted by atomic mass is 10.00. The molecule has 0 bridgehead atoms. The van der Waals surface area contributed by atoms with E-state index in [1.807, 2.05) is 17.0 Å². The number of piperazine rings is 1. The van der Waals surface area contributed by atoms with E-state index in [0.717, 1.165) is 57.3 Å². The molecule has 1 N–H and O–H groups in total. The van der Waals surface area contributed by atoms with Gasteiger partial charge in [0.2, 0.25) is 5.91 Å². The number of nitrogens with one attached hydrogen (secondary N) is 1. The Morgan fingerprint density at radius 2 is 1.87 bits per heavy atom. The summed E-state index contributed by atoms with van der Waals surface area (Å²) >= 11 is 0. The van der Waals surface area contributed by atoms with Crippen LogP contribution in [-0.2, 0) is 24.3 Å². The molecular weight excluding hydrogens is 495 g/mol. The summed E-state index contributed by atoms with van der Waals surface area (Å²) in [5, 5.41) is 7.24. The Bertz CT molecular complexity index is 849. The van der Waals surface area contributed by atoms with Gasteiger partial charge in [0.1, 0.15) is 6.26 Å². The summed E-state index contributed by atoms with van der Waals surface area (Å²) in [5.74, 6) is 0.905. The third-order valence-corrected chi connectivity index (χ3v) is 5.64. The van der Waals surface area contributed by atoms with Gasteiger partial charge in [-0.15, -0.1) is 24.0 Å². The van der Waals surface area contributed by atoms with E-state index in [1.165, 1.54) is 11.1 Å². The van der Waals surface area contributed by atoms with Crippen molar-refractivity contribution in [3.63, 3.8) is 0 Å². The number of hydrogen-bond donors (Lipinski definition) is 1. The van der Waals surface area contributed by atoms with Gasteiger partial charge in [0.25, 0.3) is 0 Å². The van der Waals surface area contributed by atoms with Crippen molar-refractivity contribution in [2.75, 3.05) is 46.3 Å². The average Bonchev–Trinajstić information content (AvgIpc) is 3.28. The van der Waals surface area contributed by atoms with Crippen molar-refractivity contribution in [1.82, 2.24) is 25.2 Å². The highest BCUT2D eigenvalue weighted by atomic mass is 127. The van der Waals surface area contributed by atoms with Crippen LogP contribution in [0.5, 0.6) is 0 Å². The fraction of sp³-hybridized carbons (Fsp3) is 0.476. The molecule has 0 atom stereocenters. The zero-order valence-electron chi connectivity index (χ0n) is 17.3. The van der Waals surface area contributed by atoms with E-state index in [9.17, 15) is 4.79 Å². The third kappa shape index (κ3) is 5.51. The van der Waals surface area contributed by atoms with Crippen LogP contribution >= 0.6 is 24.0 Å². The zero-order valence-corrected chi connectivity index (χ0v) is 19.6. The van der Waals surface area contributed by atoms with E-state index in [2.05, 4.69) is 43.5 Å². The van der Waals surface area contributed by atoms with Crippen molar-refractivity contribution in [3.05, 3.63) is 53.4 Å². The predicted octanol–water partition coefficient (Wildman–Crippen LogP) is 1.57. The van der Waals surface area contributed by atoms with Crippen LogP contribution < -0.4 is 5.32 Å². The lowest BCUT2D eigenvalue weighted by molar-refractivity contribution is -0.130. The second kappa shape index (κ2) is 10.8. The Morgan fingerprint density at radius 3 is 2.57 bits per heavy atom. The average molecular weight is 524 g/mol. The number of guanidine groups is 1. The van der Waals surface area contributed by atoms with Crippen molar-refractivity contribution < 1.29 is 9.32 Å². The number of carbonyl (C=O) groups excluding carboxylic acids is 1. The van der Waals surface area contributed by atoms with E-state index >= 15 is 0 Å². The smallest absolute Gasteiger partial charge is 0.242 e. The topological polar surface area (TPSA) is 77.2 Å². The number of benzene rings is 1. The number of hydrogen-bond acceptors (Lipinski definition) is 5. The quantitative estimate of drug-likeness (QED) is 0.372. The molecule has 2 aromatic rings. The highest BCUT2D eigenvalue weighted by Gasteiger charge is 2.23. The van der Waals surface area contributed by atoms with Gasteiger partial charge in [-0.25, -0.2) is 0 Å². The number of carbonyl (C=O) groups is 1. The predicted molar refractivity (Wildman–Crippen MR) is 126 cm³/mol. The Hall–Kier alpha value is -2.14. The number of halogens is 1. The van der Waals surface area contributed by atoms with Crippen LogP contribution in [0.4, 0.5) is 0 Å². The molecule has 2 aliphatic rings. The summed E-state index contributed by atoms with van der Waals surface area (Å²) in [6.07, 6.45) is 2.53. The molecule has 1 fully saturated rings. The monoisotopic (exact) mass is 524 g/mol. The zero-order chi connectivity index (χ0) is 20.1. The SMILES string of the molecule is CN=C(NCC(=O)N1CCc2ccccc2C1)N1CCN(Cc2ccon2)CC1.I. The summed E-state index contributed by atoms with van der Waals surface area (Å²) in [5.41, 5.74) is 3.55. The van der Waals surface area contributed by atoms with Crippen LogP contribution in [0, 0.1) is 0 Å². The maximum atomic E-state index is 12.7. The molecule has 2 aliphatic heterocycles. The van der Waals surface area contributed by atoms with Crippen LogP contribution in [0.2, 0.25) is 0 Å². The third-order valence-electron chi connectivity index (χ3n) is 5.64. The van der Waals surface area contributed by atoms with Crippen molar-refractivity contribution in [2.45, 2.75) is 19.5 Å². The number of aromatic nitrogens is 1. The molecule has 0 aliphatic carbocycles. The molecule has 0 unspecified atom stereocenters. The molecule has 162 valence electrons. The van der Waals surface area contributed by atoms with Gasteiger partial charge >= 0.3 is 0 Å². The maximum Gasteiger partial charge on any atom is 0.242 e. The van der Waals surface area contributed by atoms with E-state index in [0.29, 0.717) is 6.54 Å². The molecule has 0 saturated carbocycles. The van der Waals surface area contributed by atoms with E-state index in [4.69, 9.17) is 4.52 Å². The molecule has 0 radical (unpaired) electrons. The van der Waals surface area contributed by atoms with Gasteiger partial charge in [-0.05, 0) is 17.5 Å². The van der Waals surface area contributed by atoms with Crippen molar-refractivity contribution in [3.8, 4) is 0 Å². The number of nitrogens with zero attached hydrogens (tertiary/aromatic N) is 5. The largest absolute Gasteiger partial charge is 0.364 e. The lowest BCUT2D eigenvalue weighted by Crippen LogP contribution is -2.53. The van der Waals surface area contributed by atoms with Crippen molar-refractivity contribution in [2.24, 2.45) is 4.99 Å². The van der Waals surface area contributed by atoms with Gasteiger partial charge in [0.15, 0.2) is 5.96 Å². The molecule has 0 spiro atoms. The Balaban J connectivity index is 0.00000256. The minimum atomic E-state index is 0. The summed E-state index contributed by atoms with van der Waals surface area (Å²) in [7, 11) is 1.77. The normalized spacial score (nSPS) is 17.3. The fourth-order valence-electron chi connectivity index (χ4n) is 3.97. The first-order valence-electron chi connectivity index (χ1n) is 10.1. The van der Waals surface area contributed by atoms with E-state index in [-0.39, 0.29) is 36.4 Å². The van der Waals surface area contributed by atoms with Gasteiger partial charge in [0.05, 0.1) is 12.2 Å². The number of fused-ring (bicyclic) bond motifs is 1. The first-order chi connectivity index (χ1) is 14.2. The molecule has 1 amide bonds. The summed E-state index contributed by atoms with van der Waals surface area (Å²) < 4.78 is 4.90. The van der Waals surface area contributed by atoms with Crippen molar-refractivity contribution in [1.29, 1.82) is 0 Å². The summed E-state index contributed by atoms with van der Waals surface area (Å²) in [6.45, 7) is 6.10. The van der Waals surface area contributed by atoms with Gasteiger partial charge in [-0.2, -0.15) is 0 Å². The van der Waals surface area contributed by atoms with Crippen LogP contribution in [0.1, 0.15) is 16.8 Å². The highest BCUT2D eigenvalue weighted by Crippen LogP contribution is 2.18. The minimum Gasteiger partial charge on any atom is -0.364 e. The molecule has 1 aromatic carbocycles. The van der Waals surface area contributed by atoms with Crippen LogP contribution in [0.3, 0.4) is 0 Å². The summed E-state index contributed by atoms with van der Waals surface area (Å²) in [6, 6.07) is 10.3. The first-order valence-corrected chi connectivity index (χ1v) is 10.1. The van der Waals surface area contributed by atoms with Crippen molar-refractivity contribution >= 4 is 35.8 Å². The second-order valence-corrected chi connectivity index (χ2v) is 7.49. The highest BCUT2D eigenvalue weighted by molar-refractivity contribution is 14.0. The summed E-state index contributed by atoms with van der Waals surface area (Å²) in [4.78, 5) is 23.6. The molecule has 1 aromatic heterocycles. The van der Waals surface area contributed by atoms with Crippen LogP contribution in [0.25, 0.3) is 0 Å². The second-order valence-electron chi connectivity index (χ2n) is 7.49. The Morgan fingerprint density at radius 1 is 1.10 bits per heavy atom. The molecule has 1 saturated heterocycles.